The Morgan fingerprint density at radius 3 is 1.36 bits per heavy atom. The number of benzene rings is 4. The highest BCUT2D eigenvalue weighted by atomic mass is 32.2. The summed E-state index contributed by atoms with van der Waals surface area (Å²) in [6, 6.07) is 25.2. The molecule has 0 unspecified atom stereocenters. The molecule has 6 amide bonds. The van der Waals surface area contributed by atoms with Crippen molar-refractivity contribution in [2.45, 2.75) is 165 Å². The number of aliphatic imine (C=N–C) groups is 2. The predicted octanol–water partition coefficient (Wildman–Crippen LogP) is 10.6. The zero-order valence-corrected chi connectivity index (χ0v) is 66.7. The summed E-state index contributed by atoms with van der Waals surface area (Å²) in [7, 11) is -0.681. The van der Waals surface area contributed by atoms with Gasteiger partial charge in [-0.2, -0.15) is 4.33 Å². The average Bonchev–Trinajstić information content (AvgIpc) is 1.19. The van der Waals surface area contributed by atoms with Gasteiger partial charge in [-0.15, -0.1) is 0 Å². The Kier molecular flexibility index (Phi) is 24.0. The number of hydrogen-bond donors (Lipinski definition) is 2. The van der Waals surface area contributed by atoms with Crippen LogP contribution in [0.15, 0.2) is 165 Å². The minimum atomic E-state index is -4.61. The van der Waals surface area contributed by atoms with Crippen LogP contribution in [0.3, 0.4) is 0 Å². The SMILES string of the molecule is CCN1C(=CC=CC2=Nc3c(ccc[n+]3CCCC(=O)NCCCN(C)CCCN3C(=O)c4ccc5c6c(ccc(c46)C3=O)C(=O)N(CCCN(C)CCCNC(=O)CCC[n+]3cccc4c3N=C(C=CC=C3N(CC)c6ccc(S(=O)(=O)[O-])cc6C3(C)C)C4(C)C)C5=O)C2(C)C)C(C)(C)c2cc(SOO[O-])ccc21. The Morgan fingerprint density at radius 2 is 0.955 bits per heavy atom. The zero-order valence-electron chi connectivity index (χ0n) is 65.0. The summed E-state index contributed by atoms with van der Waals surface area (Å²) in [5.74, 6) is -0.219. The minimum Gasteiger partial charge on any atom is -0.744 e. The van der Waals surface area contributed by atoms with Crippen molar-refractivity contribution in [1.82, 2.24) is 30.2 Å². The Bertz CT molecular complexity index is 4870. The molecule has 0 radical (unpaired) electrons. The lowest BCUT2D eigenvalue weighted by molar-refractivity contribution is -0.777. The van der Waals surface area contributed by atoms with Crippen molar-refractivity contribution in [3.8, 4) is 0 Å². The first-order chi connectivity index (χ1) is 52.4. The number of allylic oxidation sites excluding steroid dienone is 8. The lowest BCUT2D eigenvalue weighted by atomic mass is 9.81. The molecule has 0 aliphatic carbocycles. The van der Waals surface area contributed by atoms with E-state index in [1.807, 2.05) is 95.8 Å². The quantitative estimate of drug-likeness (QED) is 0.00722. The Balaban J connectivity index is 0.540. The number of rotatable bonds is 34. The lowest BCUT2D eigenvalue weighted by Crippen LogP contribution is -2.44. The van der Waals surface area contributed by atoms with Crippen molar-refractivity contribution in [3.63, 3.8) is 0 Å². The van der Waals surface area contributed by atoms with Crippen LogP contribution in [0.5, 0.6) is 0 Å². The Morgan fingerprint density at radius 1 is 0.545 bits per heavy atom. The van der Waals surface area contributed by atoms with Crippen LogP contribution < -0.4 is 34.8 Å². The van der Waals surface area contributed by atoms with E-state index in [4.69, 9.17) is 9.98 Å². The van der Waals surface area contributed by atoms with Crippen LogP contribution in [-0.2, 0) is 63.8 Å². The fourth-order valence-electron chi connectivity index (χ4n) is 16.4. The van der Waals surface area contributed by atoms with Gasteiger partial charge in [0.15, 0.2) is 11.4 Å². The smallest absolute Gasteiger partial charge is 0.327 e. The van der Waals surface area contributed by atoms with Crippen LogP contribution in [0.4, 0.5) is 23.0 Å². The maximum atomic E-state index is 14.1. The Hall–Kier alpha value is -9.38. The third-order valence-corrected chi connectivity index (χ3v) is 24.0. The van der Waals surface area contributed by atoms with Gasteiger partial charge in [0, 0.05) is 124 Å². The highest BCUT2D eigenvalue weighted by Gasteiger charge is 2.46. The van der Waals surface area contributed by atoms with Crippen LogP contribution >= 0.6 is 12.0 Å². The van der Waals surface area contributed by atoms with Crippen LogP contribution in [-0.4, -0.2) is 159 Å². The molecule has 24 nitrogen and oxygen atoms in total. The fourth-order valence-corrected chi connectivity index (χ4v) is 17.3. The second kappa shape index (κ2) is 32.9. The first kappa shape index (κ1) is 80.1. The molecule has 8 heterocycles. The molecule has 0 saturated carbocycles. The lowest BCUT2D eigenvalue weighted by Gasteiger charge is -2.32. The number of hydrogen-bond acceptors (Lipinski definition) is 19. The summed E-state index contributed by atoms with van der Waals surface area (Å²) < 4.78 is 44.5. The number of carbonyl (C=O) groups excluding carboxylic acids is 6. The second-order valence-corrected chi connectivity index (χ2v) is 33.4. The van der Waals surface area contributed by atoms with Gasteiger partial charge in [0.25, 0.3) is 23.6 Å². The largest absolute Gasteiger partial charge is 0.744 e. The van der Waals surface area contributed by atoms with E-state index < -0.39 is 44.6 Å². The molecule has 12 rings (SSSR count). The van der Waals surface area contributed by atoms with Gasteiger partial charge in [-0.1, -0.05) is 39.8 Å². The summed E-state index contributed by atoms with van der Waals surface area (Å²) in [5.41, 5.74) is 9.51. The number of fused-ring (bicyclic) bond motifs is 4. The van der Waals surface area contributed by atoms with E-state index >= 15 is 0 Å². The van der Waals surface area contributed by atoms with Crippen LogP contribution in [0, 0.1) is 0 Å². The third-order valence-electron chi connectivity index (χ3n) is 22.6. The maximum absolute atomic E-state index is 14.1. The van der Waals surface area contributed by atoms with Crippen molar-refractivity contribution in [2.75, 3.05) is 89.3 Å². The molecule has 580 valence electrons. The van der Waals surface area contributed by atoms with Gasteiger partial charge < -0.3 is 40.0 Å². The van der Waals surface area contributed by atoms with Gasteiger partial charge in [-0.25, -0.2) is 17.6 Å². The molecule has 2 N–H and O–H groups in total. The fraction of sp³-hybridized carbons (Fsp3) is 0.429. The number of carbonyl (C=O) groups is 6. The number of nitrogens with one attached hydrogen (secondary N) is 2. The molecule has 0 fully saturated rings. The van der Waals surface area contributed by atoms with Crippen molar-refractivity contribution in [2.24, 2.45) is 9.98 Å². The Labute approximate surface area is 649 Å². The monoisotopic (exact) mass is 1530 g/mol. The van der Waals surface area contributed by atoms with Gasteiger partial charge in [-0.05, 0) is 251 Å². The number of aryl methyl sites for hydroxylation is 2. The average molecular weight is 1530 g/mol. The van der Waals surface area contributed by atoms with Crippen LogP contribution in [0.2, 0.25) is 0 Å². The molecule has 2 aromatic heterocycles. The number of likely N-dealkylation sites (N-methyl/N-ethyl adjacent to an activating group) is 2. The number of imide groups is 2. The van der Waals surface area contributed by atoms with E-state index in [9.17, 15) is 47.0 Å². The summed E-state index contributed by atoms with van der Waals surface area (Å²) in [6.07, 6.45) is 20.7. The van der Waals surface area contributed by atoms with Crippen molar-refractivity contribution in [1.29, 1.82) is 0 Å². The summed E-state index contributed by atoms with van der Waals surface area (Å²) in [4.78, 5) is 105. The highest BCUT2D eigenvalue weighted by molar-refractivity contribution is 7.94. The normalized spacial score (nSPS) is 17.8. The van der Waals surface area contributed by atoms with E-state index in [0.29, 0.717) is 121 Å². The molecule has 6 aliphatic rings. The molecule has 0 spiro atoms. The molecule has 6 aromatic rings. The number of anilines is 2. The molecule has 26 heteroatoms. The molecular weight excluding hydrogens is 1430 g/mol. The summed E-state index contributed by atoms with van der Waals surface area (Å²) in [6.45, 7) is 27.7. The molecule has 0 bridgehead atoms. The van der Waals surface area contributed by atoms with Gasteiger partial charge >= 0.3 is 11.6 Å². The van der Waals surface area contributed by atoms with Crippen LogP contribution in [0.25, 0.3) is 10.8 Å². The zero-order chi connectivity index (χ0) is 78.8. The number of pyridine rings is 2. The third kappa shape index (κ3) is 16.0. The van der Waals surface area contributed by atoms with Crippen molar-refractivity contribution < 1.29 is 65.5 Å². The van der Waals surface area contributed by atoms with Crippen molar-refractivity contribution in [3.05, 3.63) is 190 Å². The summed E-state index contributed by atoms with van der Waals surface area (Å²) in [5, 5.41) is 20.9. The summed E-state index contributed by atoms with van der Waals surface area (Å²) >= 11 is 0.886. The molecule has 0 saturated heterocycles. The van der Waals surface area contributed by atoms with E-state index in [2.05, 4.69) is 128 Å². The van der Waals surface area contributed by atoms with Gasteiger partial charge in [0.1, 0.15) is 10.1 Å². The van der Waals surface area contributed by atoms with Gasteiger partial charge in [-0.3, -0.25) is 43.6 Å². The number of nitrogens with zero attached hydrogens (tertiary/aromatic N) is 10. The minimum absolute atomic E-state index is 0.0259. The van der Waals surface area contributed by atoms with Gasteiger partial charge in [0.05, 0.1) is 64.4 Å². The molecule has 4 aromatic carbocycles. The van der Waals surface area contributed by atoms with Gasteiger partial charge in [0.2, 0.25) is 11.8 Å². The second-order valence-electron chi connectivity index (χ2n) is 31.2. The van der Waals surface area contributed by atoms with E-state index in [1.54, 1.807) is 30.3 Å². The predicted molar refractivity (Wildman–Crippen MR) is 422 cm³/mol. The highest BCUT2D eigenvalue weighted by Crippen LogP contribution is 2.51. The molecular formula is C84H100N12O12S2. The maximum Gasteiger partial charge on any atom is 0.327 e. The van der Waals surface area contributed by atoms with Crippen molar-refractivity contribution >= 4 is 103 Å². The molecule has 110 heavy (non-hydrogen) atoms. The standard InChI is InChI=1S/C84H100N12O12S2/c1-13-93-65-39-33-55(109-108-107-103)53-63(65)83(7,8)69(93)29-15-27-67-81(3,4)61-25-17-47-91(75(61)87-67)49-19-31-71(97)85-41-21-43-89(11)45-23-51-95-77(99)57-35-37-59-74-60(38-36-58(73(57)74)78(95)100)80(102)96(79(59)101)52-24-46-90(12)44-22-42-86-72(98)32-20-50-92-48-18-26-62-76(92)88-68(82(62,5)6)28-16-30-70-84(9,10)64-54-56(110(104,105)106)34-40-66(64)94(70)14-2/h15-18,25-30,33-40,47-48,53-54H,13-14,19-24,31-32,41-46,49-52H2,1-12H3,(H2-2,85,86,97,98,103,104,105,106). The topological polar surface area (TPSA) is 277 Å². The van der Waals surface area contributed by atoms with E-state index in [1.165, 1.54) is 21.9 Å². The van der Waals surface area contributed by atoms with Crippen LogP contribution in [0.1, 0.15) is 184 Å². The molecule has 6 aliphatic heterocycles. The van der Waals surface area contributed by atoms with E-state index in [-0.39, 0.29) is 62.9 Å². The van der Waals surface area contributed by atoms with E-state index in [0.717, 1.165) is 91.6 Å². The first-order valence-corrected chi connectivity index (χ1v) is 40.3. The molecule has 0 atom stereocenters. The number of aromatic nitrogens is 2. The first-order valence-electron chi connectivity index (χ1n) is 38.1. The number of amides is 6.